The summed E-state index contributed by atoms with van der Waals surface area (Å²) in [5.41, 5.74) is 0.221. The molecular weight excluding hydrogens is 184 g/mol. The van der Waals surface area contributed by atoms with Crippen molar-refractivity contribution in [2.75, 3.05) is 0 Å². The van der Waals surface area contributed by atoms with Crippen LogP contribution in [0, 0.1) is 5.41 Å². The summed E-state index contributed by atoms with van der Waals surface area (Å²) in [4.78, 5) is 0. The normalized spacial score (nSPS) is 13.6. The fourth-order valence-corrected chi connectivity index (χ4v) is 1.75. The lowest BCUT2D eigenvalue weighted by atomic mass is 9.86. The molecule has 0 aliphatic heterocycles. The van der Waals surface area contributed by atoms with Crippen molar-refractivity contribution >= 4 is 0 Å². The average molecular weight is 212 g/mol. The molecular formula is C14H28O. The highest BCUT2D eigenvalue weighted by molar-refractivity contribution is 4.76. The fourth-order valence-electron chi connectivity index (χ4n) is 1.75. The summed E-state index contributed by atoms with van der Waals surface area (Å²) in [7, 11) is 0. The van der Waals surface area contributed by atoms with Crippen LogP contribution in [0.1, 0.15) is 66.2 Å². The lowest BCUT2D eigenvalue weighted by molar-refractivity contribution is 0.0374. The van der Waals surface area contributed by atoms with Crippen LogP contribution in [0.4, 0.5) is 0 Å². The number of unbranched alkanes of at least 4 members (excludes halogenated alkanes) is 4. The van der Waals surface area contributed by atoms with Crippen LogP contribution in [0.2, 0.25) is 0 Å². The Labute approximate surface area is 95.9 Å². The van der Waals surface area contributed by atoms with Crippen LogP contribution in [-0.4, -0.2) is 6.10 Å². The van der Waals surface area contributed by atoms with Gasteiger partial charge in [0.1, 0.15) is 6.10 Å². The number of hydrogen-bond acceptors (Lipinski definition) is 1. The monoisotopic (exact) mass is 212 g/mol. The largest absolute Gasteiger partial charge is 0.498 e. The summed E-state index contributed by atoms with van der Waals surface area (Å²) in [5, 5.41) is 0. The van der Waals surface area contributed by atoms with Gasteiger partial charge in [-0.25, -0.2) is 0 Å². The van der Waals surface area contributed by atoms with Crippen LogP contribution in [0.15, 0.2) is 12.8 Å². The second-order valence-electron chi connectivity index (χ2n) is 5.36. The van der Waals surface area contributed by atoms with E-state index in [9.17, 15) is 0 Å². The Hall–Kier alpha value is -0.460. The molecule has 0 amide bonds. The topological polar surface area (TPSA) is 9.23 Å². The molecule has 90 valence electrons. The van der Waals surface area contributed by atoms with Gasteiger partial charge in [-0.1, -0.05) is 60.0 Å². The van der Waals surface area contributed by atoms with Gasteiger partial charge in [-0.15, -0.1) is 0 Å². The highest BCUT2D eigenvalue weighted by Gasteiger charge is 2.24. The highest BCUT2D eigenvalue weighted by atomic mass is 16.5. The summed E-state index contributed by atoms with van der Waals surface area (Å²) in [6.07, 6.45) is 9.70. The van der Waals surface area contributed by atoms with Crippen molar-refractivity contribution in [3.63, 3.8) is 0 Å². The van der Waals surface area contributed by atoms with Crippen LogP contribution in [0.3, 0.4) is 0 Å². The van der Waals surface area contributed by atoms with Gasteiger partial charge in [-0.2, -0.15) is 0 Å². The molecule has 0 fully saturated rings. The van der Waals surface area contributed by atoms with Crippen LogP contribution >= 0.6 is 0 Å². The molecule has 1 heteroatoms. The highest BCUT2D eigenvalue weighted by Crippen LogP contribution is 2.26. The molecule has 0 aromatic rings. The van der Waals surface area contributed by atoms with E-state index >= 15 is 0 Å². The van der Waals surface area contributed by atoms with Gasteiger partial charge < -0.3 is 4.74 Å². The van der Waals surface area contributed by atoms with Gasteiger partial charge in [0.05, 0.1) is 6.26 Å². The Morgan fingerprint density at radius 2 is 1.73 bits per heavy atom. The minimum Gasteiger partial charge on any atom is -0.498 e. The van der Waals surface area contributed by atoms with E-state index in [0.29, 0.717) is 6.10 Å². The van der Waals surface area contributed by atoms with E-state index in [1.54, 1.807) is 6.26 Å². The first-order valence-corrected chi connectivity index (χ1v) is 6.28. The molecule has 1 nitrogen and oxygen atoms in total. The number of ether oxygens (including phenoxy) is 1. The van der Waals surface area contributed by atoms with Crippen LogP contribution in [0.5, 0.6) is 0 Å². The molecule has 0 aromatic carbocycles. The van der Waals surface area contributed by atoms with Crippen molar-refractivity contribution in [2.45, 2.75) is 72.3 Å². The average Bonchev–Trinajstić information content (AvgIpc) is 2.14. The molecule has 0 radical (unpaired) electrons. The van der Waals surface area contributed by atoms with E-state index in [1.165, 1.54) is 32.1 Å². The summed E-state index contributed by atoms with van der Waals surface area (Å²) < 4.78 is 5.58. The molecule has 0 heterocycles. The molecule has 0 aliphatic carbocycles. The maximum Gasteiger partial charge on any atom is 0.103 e. The summed E-state index contributed by atoms with van der Waals surface area (Å²) >= 11 is 0. The molecule has 0 rings (SSSR count). The van der Waals surface area contributed by atoms with E-state index in [4.69, 9.17) is 4.74 Å². The SMILES string of the molecule is C=COC(CCCCCCC)C(C)(C)C. The standard InChI is InChI=1S/C14H28O/c1-6-8-9-10-11-12-13(15-7-2)14(3,4)5/h7,13H,2,6,8-12H2,1,3-5H3. The minimum absolute atomic E-state index is 0.221. The smallest absolute Gasteiger partial charge is 0.103 e. The third kappa shape index (κ3) is 7.47. The maximum atomic E-state index is 5.58. The zero-order valence-electron chi connectivity index (χ0n) is 11.0. The van der Waals surface area contributed by atoms with Crippen molar-refractivity contribution in [3.05, 3.63) is 12.8 Å². The van der Waals surface area contributed by atoms with Gasteiger partial charge in [0.15, 0.2) is 0 Å². The van der Waals surface area contributed by atoms with Crippen molar-refractivity contribution in [2.24, 2.45) is 5.41 Å². The number of hydrogen-bond donors (Lipinski definition) is 0. The van der Waals surface area contributed by atoms with E-state index in [0.717, 1.165) is 6.42 Å². The molecule has 0 saturated heterocycles. The first kappa shape index (κ1) is 14.5. The van der Waals surface area contributed by atoms with Gasteiger partial charge >= 0.3 is 0 Å². The third-order valence-electron chi connectivity index (χ3n) is 2.80. The Bertz CT molecular complexity index is 155. The molecule has 1 atom stereocenters. The lowest BCUT2D eigenvalue weighted by Gasteiger charge is -2.29. The molecule has 0 aliphatic rings. The second kappa shape index (κ2) is 7.78. The van der Waals surface area contributed by atoms with E-state index < -0.39 is 0 Å². The van der Waals surface area contributed by atoms with Gasteiger partial charge in [-0.05, 0) is 18.3 Å². The van der Waals surface area contributed by atoms with Crippen molar-refractivity contribution in [3.8, 4) is 0 Å². The Kier molecular flexibility index (Phi) is 7.54. The Morgan fingerprint density at radius 1 is 1.13 bits per heavy atom. The minimum atomic E-state index is 0.221. The van der Waals surface area contributed by atoms with Crippen LogP contribution < -0.4 is 0 Å². The van der Waals surface area contributed by atoms with Crippen molar-refractivity contribution < 1.29 is 4.74 Å². The van der Waals surface area contributed by atoms with Gasteiger partial charge in [0.25, 0.3) is 0 Å². The molecule has 0 saturated carbocycles. The van der Waals surface area contributed by atoms with E-state index in [-0.39, 0.29) is 5.41 Å². The molecule has 15 heavy (non-hydrogen) atoms. The lowest BCUT2D eigenvalue weighted by Crippen LogP contribution is -2.27. The molecule has 1 unspecified atom stereocenters. The molecule has 0 N–H and O–H groups in total. The van der Waals surface area contributed by atoms with Crippen LogP contribution in [-0.2, 0) is 4.74 Å². The predicted octanol–water partition coefficient (Wildman–Crippen LogP) is 4.92. The van der Waals surface area contributed by atoms with Crippen LogP contribution in [0.25, 0.3) is 0 Å². The zero-order chi connectivity index (χ0) is 11.7. The predicted molar refractivity (Wildman–Crippen MR) is 67.9 cm³/mol. The van der Waals surface area contributed by atoms with Crippen molar-refractivity contribution in [1.82, 2.24) is 0 Å². The van der Waals surface area contributed by atoms with E-state index in [1.807, 2.05) is 0 Å². The first-order chi connectivity index (χ1) is 7.02. The summed E-state index contributed by atoms with van der Waals surface area (Å²) in [6.45, 7) is 12.6. The first-order valence-electron chi connectivity index (χ1n) is 6.28. The summed E-state index contributed by atoms with van der Waals surface area (Å²) in [6, 6.07) is 0. The second-order valence-corrected chi connectivity index (χ2v) is 5.36. The molecule has 0 spiro atoms. The summed E-state index contributed by atoms with van der Waals surface area (Å²) in [5.74, 6) is 0. The maximum absolute atomic E-state index is 5.58. The number of rotatable bonds is 8. The van der Waals surface area contributed by atoms with Gasteiger partial charge in [0, 0.05) is 0 Å². The quantitative estimate of drug-likeness (QED) is 0.410. The molecule has 0 aromatic heterocycles. The van der Waals surface area contributed by atoms with Gasteiger partial charge in [-0.3, -0.25) is 0 Å². The fraction of sp³-hybridized carbons (Fsp3) is 0.857. The Balaban J connectivity index is 3.72. The van der Waals surface area contributed by atoms with Crippen molar-refractivity contribution in [1.29, 1.82) is 0 Å². The zero-order valence-corrected chi connectivity index (χ0v) is 11.0. The third-order valence-corrected chi connectivity index (χ3v) is 2.80. The van der Waals surface area contributed by atoms with Gasteiger partial charge in [0.2, 0.25) is 0 Å². The Morgan fingerprint density at radius 3 is 2.20 bits per heavy atom. The van der Waals surface area contributed by atoms with E-state index in [2.05, 4.69) is 34.3 Å². The molecule has 0 bridgehead atoms.